The van der Waals surface area contributed by atoms with Crippen LogP contribution in [0, 0.1) is 6.92 Å². The van der Waals surface area contributed by atoms with Gasteiger partial charge in [0.05, 0.1) is 11.1 Å². The van der Waals surface area contributed by atoms with Gasteiger partial charge in [0.2, 0.25) is 0 Å². The predicted molar refractivity (Wildman–Crippen MR) is 102 cm³/mol. The van der Waals surface area contributed by atoms with E-state index in [-0.39, 0.29) is 13.2 Å². The largest absolute Gasteiger partial charge is 0.481 e. The number of carbonyl (C=O) groups excluding carboxylic acids is 2. The minimum absolute atomic E-state index is 0.139. The number of hydrogen-bond donors (Lipinski definition) is 0. The summed E-state index contributed by atoms with van der Waals surface area (Å²) in [4.78, 5) is 24.2. The van der Waals surface area contributed by atoms with Crippen molar-refractivity contribution < 1.29 is 33.0 Å². The van der Waals surface area contributed by atoms with Gasteiger partial charge in [0.15, 0.2) is 6.61 Å². The molecule has 8 heteroatoms. The molecule has 1 aromatic heterocycles. The molecule has 0 unspecified atom stereocenters. The van der Waals surface area contributed by atoms with E-state index in [0.29, 0.717) is 39.1 Å². The van der Waals surface area contributed by atoms with Crippen molar-refractivity contribution in [3.63, 3.8) is 0 Å². The van der Waals surface area contributed by atoms with Crippen molar-refractivity contribution in [3.05, 3.63) is 27.9 Å². The molecule has 148 valence electrons. The fourth-order valence-corrected chi connectivity index (χ4v) is 2.82. The highest BCUT2D eigenvalue weighted by Crippen LogP contribution is 2.35. The van der Waals surface area contributed by atoms with Crippen LogP contribution in [-0.4, -0.2) is 44.5 Å². The first-order chi connectivity index (χ1) is 12.6. The van der Waals surface area contributed by atoms with Gasteiger partial charge in [-0.15, -0.1) is 0 Å². The first-order valence-corrected chi connectivity index (χ1v) is 9.15. The van der Waals surface area contributed by atoms with Gasteiger partial charge in [-0.05, 0) is 55.8 Å². The molecule has 0 aliphatic heterocycles. The molecule has 0 atom stereocenters. The zero-order chi connectivity index (χ0) is 20.2. The number of methoxy groups -OCH3 is 1. The minimum atomic E-state index is -0.595. The highest BCUT2D eigenvalue weighted by molar-refractivity contribution is 9.10. The van der Waals surface area contributed by atoms with Crippen LogP contribution in [0.1, 0.15) is 36.9 Å². The summed E-state index contributed by atoms with van der Waals surface area (Å²) in [6.45, 7) is 7.21. The number of halogens is 1. The Morgan fingerprint density at radius 2 is 1.89 bits per heavy atom. The second-order valence-corrected chi connectivity index (χ2v) is 7.67. The van der Waals surface area contributed by atoms with E-state index in [0.717, 1.165) is 0 Å². The number of rotatable bonds is 7. The van der Waals surface area contributed by atoms with Crippen LogP contribution in [0.4, 0.5) is 0 Å². The molecule has 0 aliphatic rings. The third kappa shape index (κ3) is 5.71. The smallest absolute Gasteiger partial charge is 0.344 e. The molecule has 7 nitrogen and oxygen atoms in total. The first-order valence-electron chi connectivity index (χ1n) is 8.35. The van der Waals surface area contributed by atoms with E-state index < -0.39 is 17.5 Å². The summed E-state index contributed by atoms with van der Waals surface area (Å²) in [5, 5.41) is 0.539. The monoisotopic (exact) mass is 442 g/mol. The first kappa shape index (κ1) is 21.2. The third-order valence-corrected chi connectivity index (χ3v) is 4.03. The lowest BCUT2D eigenvalue weighted by molar-refractivity contribution is -0.157. The Bertz CT molecular complexity index is 833. The maximum absolute atomic E-state index is 12.4. The quantitative estimate of drug-likeness (QED) is 0.472. The zero-order valence-corrected chi connectivity index (χ0v) is 17.6. The summed E-state index contributed by atoms with van der Waals surface area (Å²) in [6.07, 6.45) is 0. The van der Waals surface area contributed by atoms with Gasteiger partial charge in [0.25, 0.3) is 0 Å². The van der Waals surface area contributed by atoms with E-state index in [1.807, 2.05) is 0 Å². The van der Waals surface area contributed by atoms with Gasteiger partial charge in [-0.3, -0.25) is 0 Å². The molecule has 27 heavy (non-hydrogen) atoms. The Kier molecular flexibility index (Phi) is 6.89. The van der Waals surface area contributed by atoms with Crippen LogP contribution >= 0.6 is 15.9 Å². The Balaban J connectivity index is 2.23. The van der Waals surface area contributed by atoms with E-state index in [1.165, 1.54) is 7.11 Å². The molecule has 0 bridgehead atoms. The molecule has 0 saturated heterocycles. The Morgan fingerprint density at radius 3 is 2.52 bits per heavy atom. The predicted octanol–water partition coefficient (Wildman–Crippen LogP) is 4.03. The standard InChI is InChI=1S/C19H23BrO7/c1-11-17(18(22)24-7-6-23-5)12-8-15(13(20)9-14(12)26-11)25-10-16(21)27-19(2,3)4/h8-9H,6-7,10H2,1-5H3. The molecule has 0 N–H and O–H groups in total. The summed E-state index contributed by atoms with van der Waals surface area (Å²) >= 11 is 3.38. The van der Waals surface area contributed by atoms with Crippen molar-refractivity contribution >= 4 is 38.8 Å². The molecular weight excluding hydrogens is 420 g/mol. The summed E-state index contributed by atoms with van der Waals surface area (Å²) in [5.41, 5.74) is 0.223. The SMILES string of the molecule is COCCOC(=O)c1c(C)oc2cc(Br)c(OCC(=O)OC(C)(C)C)cc12. The van der Waals surface area contributed by atoms with Gasteiger partial charge >= 0.3 is 11.9 Å². The average molecular weight is 443 g/mol. The number of aryl methyl sites for hydroxylation is 1. The number of fused-ring (bicyclic) bond motifs is 1. The molecule has 2 rings (SSSR count). The van der Waals surface area contributed by atoms with Crippen molar-refractivity contribution in [3.8, 4) is 5.75 Å². The third-order valence-electron chi connectivity index (χ3n) is 3.41. The normalized spacial score (nSPS) is 11.5. The highest BCUT2D eigenvalue weighted by Gasteiger charge is 2.22. The highest BCUT2D eigenvalue weighted by atomic mass is 79.9. The fourth-order valence-electron chi connectivity index (χ4n) is 2.38. The van der Waals surface area contributed by atoms with Gasteiger partial charge in [0, 0.05) is 12.5 Å². The number of carbonyl (C=O) groups is 2. The molecule has 1 aromatic carbocycles. The van der Waals surface area contributed by atoms with Gasteiger partial charge < -0.3 is 23.4 Å². The maximum Gasteiger partial charge on any atom is 0.344 e. The van der Waals surface area contributed by atoms with Crippen LogP contribution in [0.2, 0.25) is 0 Å². The number of esters is 2. The zero-order valence-electron chi connectivity index (χ0n) is 16.0. The molecule has 0 spiro atoms. The van der Waals surface area contributed by atoms with Crippen LogP contribution in [0.15, 0.2) is 21.0 Å². The average Bonchev–Trinajstić information content (AvgIpc) is 2.85. The van der Waals surface area contributed by atoms with Crippen molar-refractivity contribution in [2.24, 2.45) is 0 Å². The van der Waals surface area contributed by atoms with E-state index in [9.17, 15) is 9.59 Å². The lowest BCUT2D eigenvalue weighted by Gasteiger charge is -2.19. The Labute approximate surface area is 166 Å². The van der Waals surface area contributed by atoms with Gasteiger partial charge in [-0.2, -0.15) is 0 Å². The summed E-state index contributed by atoms with van der Waals surface area (Å²) in [7, 11) is 1.53. The summed E-state index contributed by atoms with van der Waals surface area (Å²) < 4.78 is 27.1. The Morgan fingerprint density at radius 1 is 1.19 bits per heavy atom. The summed E-state index contributed by atoms with van der Waals surface area (Å²) in [6, 6.07) is 3.31. The van der Waals surface area contributed by atoms with E-state index in [1.54, 1.807) is 39.8 Å². The van der Waals surface area contributed by atoms with Crippen molar-refractivity contribution in [2.75, 3.05) is 26.9 Å². The topological polar surface area (TPSA) is 84.2 Å². The lowest BCUT2D eigenvalue weighted by atomic mass is 10.1. The van der Waals surface area contributed by atoms with Gasteiger partial charge in [-0.1, -0.05) is 0 Å². The number of furan rings is 1. The molecule has 0 radical (unpaired) electrons. The van der Waals surface area contributed by atoms with E-state index >= 15 is 0 Å². The molecule has 0 saturated carbocycles. The van der Waals surface area contributed by atoms with E-state index in [2.05, 4.69) is 15.9 Å². The molecule has 0 aliphatic carbocycles. The second-order valence-electron chi connectivity index (χ2n) is 6.82. The molecule has 1 heterocycles. The van der Waals surface area contributed by atoms with Crippen molar-refractivity contribution in [1.82, 2.24) is 0 Å². The molecule has 0 amide bonds. The van der Waals surface area contributed by atoms with Crippen molar-refractivity contribution in [1.29, 1.82) is 0 Å². The fraction of sp³-hybridized carbons (Fsp3) is 0.474. The lowest BCUT2D eigenvalue weighted by Crippen LogP contribution is -2.27. The molecule has 0 fully saturated rings. The van der Waals surface area contributed by atoms with Crippen molar-refractivity contribution in [2.45, 2.75) is 33.3 Å². The van der Waals surface area contributed by atoms with E-state index in [4.69, 9.17) is 23.4 Å². The number of hydrogen-bond acceptors (Lipinski definition) is 7. The second kappa shape index (κ2) is 8.75. The molecule has 2 aromatic rings. The van der Waals surface area contributed by atoms with Crippen LogP contribution in [-0.2, 0) is 19.0 Å². The Hall–Kier alpha value is -2.06. The maximum atomic E-state index is 12.4. The van der Waals surface area contributed by atoms with Crippen LogP contribution in [0.5, 0.6) is 5.75 Å². The van der Waals surface area contributed by atoms with Crippen LogP contribution < -0.4 is 4.74 Å². The number of ether oxygens (including phenoxy) is 4. The number of benzene rings is 1. The van der Waals surface area contributed by atoms with Gasteiger partial charge in [-0.25, -0.2) is 9.59 Å². The van der Waals surface area contributed by atoms with Crippen LogP contribution in [0.25, 0.3) is 11.0 Å². The van der Waals surface area contributed by atoms with Gasteiger partial charge in [0.1, 0.15) is 34.9 Å². The summed E-state index contributed by atoms with van der Waals surface area (Å²) in [5.74, 6) is -0.176. The minimum Gasteiger partial charge on any atom is -0.481 e. The molecular formula is C19H23BrO7. The van der Waals surface area contributed by atoms with Crippen LogP contribution in [0.3, 0.4) is 0 Å².